The van der Waals surface area contributed by atoms with E-state index in [4.69, 9.17) is 4.52 Å². The smallest absolute Gasteiger partial charge is 0.223 e. The van der Waals surface area contributed by atoms with E-state index in [1.165, 1.54) is 11.1 Å². The fraction of sp³-hybridized carbons (Fsp3) is 0.357. The third kappa shape index (κ3) is 4.08. The molecule has 6 heteroatoms. The molecule has 0 spiro atoms. The minimum atomic E-state index is 0.477. The van der Waals surface area contributed by atoms with E-state index >= 15 is 0 Å². The van der Waals surface area contributed by atoms with Gasteiger partial charge < -0.3 is 15.2 Å². The lowest BCUT2D eigenvalue weighted by molar-refractivity contribution is 0.387. The zero-order valence-corrected chi connectivity index (χ0v) is 12.0. The molecule has 2 aromatic rings. The first-order chi connectivity index (χ1) is 9.67. The van der Waals surface area contributed by atoms with Gasteiger partial charge >= 0.3 is 0 Å². The highest BCUT2D eigenvalue weighted by Gasteiger charge is 2.03. The van der Waals surface area contributed by atoms with Crippen molar-refractivity contribution >= 4 is 5.96 Å². The molecule has 1 aromatic heterocycles. The van der Waals surface area contributed by atoms with Crippen LogP contribution in [0.4, 0.5) is 0 Å². The number of guanidine groups is 1. The van der Waals surface area contributed by atoms with Crippen LogP contribution in [-0.2, 0) is 13.1 Å². The van der Waals surface area contributed by atoms with Crippen LogP contribution in [-0.4, -0.2) is 23.1 Å². The number of aryl methyl sites for hydroxylation is 2. The molecule has 0 radical (unpaired) electrons. The van der Waals surface area contributed by atoms with E-state index < -0.39 is 0 Å². The van der Waals surface area contributed by atoms with Crippen LogP contribution in [0.1, 0.15) is 22.8 Å². The second kappa shape index (κ2) is 6.70. The van der Waals surface area contributed by atoms with Crippen molar-refractivity contribution in [2.45, 2.75) is 26.9 Å². The second-order valence-electron chi connectivity index (χ2n) is 4.50. The summed E-state index contributed by atoms with van der Waals surface area (Å²) in [5.74, 6) is 1.87. The van der Waals surface area contributed by atoms with Gasteiger partial charge in [0, 0.05) is 20.5 Å². The van der Waals surface area contributed by atoms with Gasteiger partial charge in [0.05, 0.1) is 6.54 Å². The molecule has 0 aliphatic heterocycles. The zero-order valence-electron chi connectivity index (χ0n) is 12.0. The Balaban J connectivity index is 1.84. The molecular weight excluding hydrogens is 254 g/mol. The number of aromatic nitrogens is 2. The van der Waals surface area contributed by atoms with Crippen LogP contribution in [0.15, 0.2) is 33.8 Å². The van der Waals surface area contributed by atoms with Gasteiger partial charge in [-0.3, -0.25) is 4.99 Å². The first kappa shape index (κ1) is 14.0. The molecule has 0 aliphatic rings. The molecule has 2 N–H and O–H groups in total. The van der Waals surface area contributed by atoms with Gasteiger partial charge in [-0.1, -0.05) is 35.0 Å². The van der Waals surface area contributed by atoms with E-state index in [0.717, 1.165) is 0 Å². The van der Waals surface area contributed by atoms with Crippen LogP contribution in [0.25, 0.3) is 0 Å². The Morgan fingerprint density at radius 2 is 2.05 bits per heavy atom. The quantitative estimate of drug-likeness (QED) is 0.653. The lowest BCUT2D eigenvalue weighted by Gasteiger charge is -2.10. The summed E-state index contributed by atoms with van der Waals surface area (Å²) in [6.07, 6.45) is 0. The van der Waals surface area contributed by atoms with Crippen molar-refractivity contribution in [2.24, 2.45) is 4.99 Å². The molecule has 0 aliphatic carbocycles. The highest BCUT2D eigenvalue weighted by atomic mass is 16.5. The van der Waals surface area contributed by atoms with E-state index in [9.17, 15) is 0 Å². The maximum Gasteiger partial charge on any atom is 0.223 e. The second-order valence-corrected chi connectivity index (χ2v) is 4.50. The SMILES string of the molecule is CN=C(NCc1cccc(C)c1)NCc1noc(C)n1. The molecule has 0 saturated heterocycles. The van der Waals surface area contributed by atoms with Crippen LogP contribution in [0.3, 0.4) is 0 Å². The molecular formula is C14H19N5O. The van der Waals surface area contributed by atoms with Gasteiger partial charge in [0.25, 0.3) is 0 Å². The standard InChI is InChI=1S/C14H19N5O/c1-10-5-4-6-12(7-10)8-16-14(15-3)17-9-13-18-11(2)20-19-13/h4-7H,8-9H2,1-3H3,(H2,15,16,17). The summed E-state index contributed by atoms with van der Waals surface area (Å²) < 4.78 is 4.91. The fourth-order valence-corrected chi connectivity index (χ4v) is 1.80. The predicted molar refractivity (Wildman–Crippen MR) is 77.3 cm³/mol. The summed E-state index contributed by atoms with van der Waals surface area (Å²) in [7, 11) is 1.73. The predicted octanol–water partition coefficient (Wildman–Crippen LogP) is 1.55. The van der Waals surface area contributed by atoms with Crippen molar-refractivity contribution in [2.75, 3.05) is 7.05 Å². The summed E-state index contributed by atoms with van der Waals surface area (Å²) in [5, 5.41) is 10.2. The normalized spacial score (nSPS) is 11.4. The summed E-state index contributed by atoms with van der Waals surface area (Å²) in [6.45, 7) is 5.04. The molecule has 0 bridgehead atoms. The number of hydrogen-bond acceptors (Lipinski definition) is 4. The Morgan fingerprint density at radius 3 is 2.70 bits per heavy atom. The Morgan fingerprint density at radius 1 is 1.25 bits per heavy atom. The first-order valence-corrected chi connectivity index (χ1v) is 6.46. The van der Waals surface area contributed by atoms with Crippen LogP contribution in [0, 0.1) is 13.8 Å². The van der Waals surface area contributed by atoms with Crippen molar-refractivity contribution in [1.29, 1.82) is 0 Å². The molecule has 0 amide bonds. The van der Waals surface area contributed by atoms with Gasteiger partial charge in [-0.2, -0.15) is 4.98 Å². The van der Waals surface area contributed by atoms with E-state index in [-0.39, 0.29) is 0 Å². The van der Waals surface area contributed by atoms with Crippen LogP contribution < -0.4 is 10.6 Å². The van der Waals surface area contributed by atoms with Crippen molar-refractivity contribution < 1.29 is 4.52 Å². The third-order valence-electron chi connectivity index (χ3n) is 2.75. The van der Waals surface area contributed by atoms with Crippen LogP contribution >= 0.6 is 0 Å². The molecule has 0 atom stereocenters. The summed E-state index contributed by atoms with van der Waals surface area (Å²) >= 11 is 0. The van der Waals surface area contributed by atoms with Gasteiger partial charge in [0.15, 0.2) is 11.8 Å². The maximum absolute atomic E-state index is 4.91. The highest BCUT2D eigenvalue weighted by molar-refractivity contribution is 5.79. The monoisotopic (exact) mass is 273 g/mol. The minimum Gasteiger partial charge on any atom is -0.352 e. The highest BCUT2D eigenvalue weighted by Crippen LogP contribution is 2.03. The fourth-order valence-electron chi connectivity index (χ4n) is 1.80. The number of aliphatic imine (C=N–C) groups is 1. The summed E-state index contributed by atoms with van der Waals surface area (Å²) in [5.41, 5.74) is 2.46. The number of nitrogens with one attached hydrogen (secondary N) is 2. The molecule has 6 nitrogen and oxygen atoms in total. The molecule has 20 heavy (non-hydrogen) atoms. The van der Waals surface area contributed by atoms with Gasteiger partial charge in [0.2, 0.25) is 5.89 Å². The third-order valence-corrected chi connectivity index (χ3v) is 2.75. The average Bonchev–Trinajstić information content (AvgIpc) is 2.85. The van der Waals surface area contributed by atoms with Crippen molar-refractivity contribution in [3.63, 3.8) is 0 Å². The van der Waals surface area contributed by atoms with E-state index in [0.29, 0.717) is 30.8 Å². The lowest BCUT2D eigenvalue weighted by atomic mass is 10.1. The van der Waals surface area contributed by atoms with Gasteiger partial charge in [0.1, 0.15) is 0 Å². The number of benzene rings is 1. The number of rotatable bonds is 4. The molecule has 0 fully saturated rings. The molecule has 1 heterocycles. The molecule has 0 saturated carbocycles. The van der Waals surface area contributed by atoms with E-state index in [1.54, 1.807) is 14.0 Å². The van der Waals surface area contributed by atoms with Crippen molar-refractivity contribution in [1.82, 2.24) is 20.8 Å². The Bertz CT molecular complexity index is 591. The first-order valence-electron chi connectivity index (χ1n) is 6.46. The Hall–Kier alpha value is -2.37. The topological polar surface area (TPSA) is 75.3 Å². The van der Waals surface area contributed by atoms with Gasteiger partial charge in [-0.25, -0.2) is 0 Å². The number of nitrogens with zero attached hydrogens (tertiary/aromatic N) is 3. The van der Waals surface area contributed by atoms with Gasteiger partial charge in [-0.05, 0) is 12.5 Å². The van der Waals surface area contributed by atoms with E-state index in [1.807, 2.05) is 6.07 Å². The average molecular weight is 273 g/mol. The van der Waals surface area contributed by atoms with Crippen LogP contribution in [0.2, 0.25) is 0 Å². The lowest BCUT2D eigenvalue weighted by Crippen LogP contribution is -2.36. The van der Waals surface area contributed by atoms with Crippen molar-refractivity contribution in [3.05, 3.63) is 47.1 Å². The Labute approximate surface area is 118 Å². The Kier molecular flexibility index (Phi) is 4.70. The summed E-state index contributed by atoms with van der Waals surface area (Å²) in [6, 6.07) is 8.35. The van der Waals surface area contributed by atoms with E-state index in [2.05, 4.69) is 50.9 Å². The maximum atomic E-state index is 4.91. The molecule has 2 rings (SSSR count). The molecule has 1 aromatic carbocycles. The van der Waals surface area contributed by atoms with Crippen molar-refractivity contribution in [3.8, 4) is 0 Å². The van der Waals surface area contributed by atoms with Crippen LogP contribution in [0.5, 0.6) is 0 Å². The molecule has 106 valence electrons. The number of hydrogen-bond donors (Lipinski definition) is 2. The summed E-state index contributed by atoms with van der Waals surface area (Å²) in [4.78, 5) is 8.28. The minimum absolute atomic E-state index is 0.477. The largest absolute Gasteiger partial charge is 0.352 e. The van der Waals surface area contributed by atoms with Gasteiger partial charge in [-0.15, -0.1) is 0 Å². The molecule has 0 unspecified atom stereocenters. The zero-order chi connectivity index (χ0) is 14.4.